The molecule has 2 aromatic rings. The lowest BCUT2D eigenvalue weighted by molar-refractivity contribution is -0.918. The highest BCUT2D eigenvalue weighted by atomic mass is 32.2. The molecule has 3 nitrogen and oxygen atoms in total. The van der Waals surface area contributed by atoms with Crippen LogP contribution in [0.4, 0.5) is 0 Å². The average molecular weight is 328 g/mol. The van der Waals surface area contributed by atoms with Crippen molar-refractivity contribution in [1.82, 2.24) is 4.98 Å². The summed E-state index contributed by atoms with van der Waals surface area (Å²) in [6.45, 7) is 5.14. The lowest BCUT2D eigenvalue weighted by Gasteiger charge is -2.36. The summed E-state index contributed by atoms with van der Waals surface area (Å²) in [6, 6.07) is 4.41. The molecule has 20 heavy (non-hydrogen) atoms. The Morgan fingerprint density at radius 2 is 2.10 bits per heavy atom. The first-order valence-electron chi connectivity index (χ1n) is 6.74. The van der Waals surface area contributed by atoms with Gasteiger partial charge in [-0.3, -0.25) is 4.21 Å². The number of aryl methyl sites for hydroxylation is 1. The predicted molar refractivity (Wildman–Crippen MR) is 87.7 cm³/mol. The molecule has 1 aliphatic rings. The molecule has 1 fully saturated rings. The third kappa shape index (κ3) is 3.19. The van der Waals surface area contributed by atoms with E-state index in [0.29, 0.717) is 0 Å². The molecule has 0 aliphatic carbocycles. The van der Waals surface area contributed by atoms with Gasteiger partial charge in [-0.25, -0.2) is 4.98 Å². The van der Waals surface area contributed by atoms with Gasteiger partial charge in [0.2, 0.25) is 0 Å². The molecule has 0 unspecified atom stereocenters. The van der Waals surface area contributed by atoms with Crippen LogP contribution in [0.1, 0.15) is 9.88 Å². The van der Waals surface area contributed by atoms with Gasteiger partial charge >= 0.3 is 0 Å². The Balaban J connectivity index is 1.72. The smallest absolute Gasteiger partial charge is 0.114 e. The summed E-state index contributed by atoms with van der Waals surface area (Å²) in [5, 5.41) is 3.25. The highest BCUT2D eigenvalue weighted by molar-refractivity contribution is 7.85. The molecule has 1 saturated heterocycles. The topological polar surface area (TPSA) is 30.0 Å². The minimum absolute atomic E-state index is 0.587. The second-order valence-corrected chi connectivity index (χ2v) is 9.52. The van der Waals surface area contributed by atoms with Crippen LogP contribution in [0.25, 0.3) is 10.6 Å². The number of rotatable bonds is 3. The molecule has 3 heterocycles. The Kier molecular flexibility index (Phi) is 4.08. The molecule has 0 spiro atoms. The zero-order valence-corrected chi connectivity index (χ0v) is 14.2. The zero-order chi connectivity index (χ0) is 14.2. The zero-order valence-electron chi connectivity index (χ0n) is 11.8. The van der Waals surface area contributed by atoms with Crippen molar-refractivity contribution in [3.8, 4) is 10.6 Å². The number of thiazole rings is 1. The summed E-state index contributed by atoms with van der Waals surface area (Å²) in [6.07, 6.45) is 0. The van der Waals surface area contributed by atoms with E-state index < -0.39 is 10.8 Å². The van der Waals surface area contributed by atoms with Crippen LogP contribution in [0.5, 0.6) is 0 Å². The minimum Gasteiger partial charge on any atom is -0.320 e. The highest BCUT2D eigenvalue weighted by Gasteiger charge is 2.28. The number of hydrogen-bond acceptors (Lipinski definition) is 4. The van der Waals surface area contributed by atoms with Crippen molar-refractivity contribution in [2.45, 2.75) is 13.5 Å². The monoisotopic (exact) mass is 327 g/mol. The summed E-state index contributed by atoms with van der Waals surface area (Å²) in [5.74, 6) is 1.69. The van der Waals surface area contributed by atoms with Crippen LogP contribution in [0.2, 0.25) is 0 Å². The van der Waals surface area contributed by atoms with E-state index in [0.717, 1.165) is 46.3 Å². The Morgan fingerprint density at radius 3 is 2.75 bits per heavy atom. The Labute approximate surface area is 130 Å². The van der Waals surface area contributed by atoms with Crippen LogP contribution in [-0.2, 0) is 17.3 Å². The lowest BCUT2D eigenvalue weighted by atomic mass is 10.3. The van der Waals surface area contributed by atoms with Gasteiger partial charge in [0, 0.05) is 16.2 Å². The molecule has 2 aromatic heterocycles. The predicted octanol–water partition coefficient (Wildman–Crippen LogP) is 2.89. The molecule has 108 valence electrons. The summed E-state index contributed by atoms with van der Waals surface area (Å²) in [4.78, 5) is 7.22. The van der Waals surface area contributed by atoms with Crippen molar-refractivity contribution in [2.24, 2.45) is 0 Å². The van der Waals surface area contributed by atoms with Crippen LogP contribution in [0, 0.1) is 6.92 Å². The molecule has 1 aliphatic heterocycles. The fourth-order valence-corrected chi connectivity index (χ4v) is 5.79. The Bertz CT molecular complexity index is 622. The molecule has 0 amide bonds. The molecule has 0 N–H and O–H groups in total. The van der Waals surface area contributed by atoms with Gasteiger partial charge in [0.25, 0.3) is 0 Å². The highest BCUT2D eigenvalue weighted by Crippen LogP contribution is 2.30. The van der Waals surface area contributed by atoms with E-state index in [1.54, 1.807) is 11.3 Å². The number of nitrogens with zero attached hydrogens (tertiary/aromatic N) is 2. The minimum atomic E-state index is -0.587. The SMILES string of the molecule is Cc1nc(-c2ccc(C[N+]3(C)CCS(=O)CC3)s2)cs1. The van der Waals surface area contributed by atoms with Gasteiger partial charge in [0.15, 0.2) is 0 Å². The maximum Gasteiger partial charge on any atom is 0.114 e. The first-order valence-corrected chi connectivity index (χ1v) is 9.92. The van der Waals surface area contributed by atoms with Crippen LogP contribution in [0.15, 0.2) is 17.5 Å². The summed E-state index contributed by atoms with van der Waals surface area (Å²) in [5.41, 5.74) is 1.10. The number of aromatic nitrogens is 1. The van der Waals surface area contributed by atoms with Crippen molar-refractivity contribution >= 4 is 33.5 Å². The van der Waals surface area contributed by atoms with Crippen LogP contribution >= 0.6 is 22.7 Å². The first-order chi connectivity index (χ1) is 9.54. The lowest BCUT2D eigenvalue weighted by Crippen LogP contribution is -2.51. The number of hydrogen-bond donors (Lipinski definition) is 0. The second-order valence-electron chi connectivity index (χ2n) is 5.59. The fourth-order valence-electron chi connectivity index (χ4n) is 2.47. The van der Waals surface area contributed by atoms with Crippen molar-refractivity contribution < 1.29 is 8.69 Å². The molecule has 0 bridgehead atoms. The Morgan fingerprint density at radius 1 is 1.35 bits per heavy atom. The van der Waals surface area contributed by atoms with E-state index in [1.165, 1.54) is 9.75 Å². The standard InChI is InChI=1S/C14H19N2OS3/c1-11-15-13(10-18-11)14-4-3-12(19-14)9-16(2)5-7-20(17)8-6-16/h3-4,10H,5-9H2,1-2H3/q+1. The quantitative estimate of drug-likeness (QED) is 0.812. The third-order valence-electron chi connectivity index (χ3n) is 3.79. The maximum absolute atomic E-state index is 11.5. The molecule has 0 radical (unpaired) electrons. The van der Waals surface area contributed by atoms with E-state index in [1.807, 2.05) is 18.3 Å². The summed E-state index contributed by atoms with van der Waals surface area (Å²) < 4.78 is 12.5. The number of quaternary nitrogens is 1. The molecule has 0 saturated carbocycles. The van der Waals surface area contributed by atoms with Crippen molar-refractivity contribution in [2.75, 3.05) is 31.6 Å². The fraction of sp³-hybridized carbons (Fsp3) is 0.500. The van der Waals surface area contributed by atoms with E-state index in [-0.39, 0.29) is 0 Å². The van der Waals surface area contributed by atoms with Gasteiger partial charge in [-0.1, -0.05) is 0 Å². The van der Waals surface area contributed by atoms with Gasteiger partial charge in [-0.2, -0.15) is 0 Å². The van der Waals surface area contributed by atoms with Crippen LogP contribution < -0.4 is 0 Å². The van der Waals surface area contributed by atoms with Gasteiger partial charge < -0.3 is 4.48 Å². The molecular formula is C14H19N2OS3+. The van der Waals surface area contributed by atoms with Crippen molar-refractivity contribution in [3.63, 3.8) is 0 Å². The summed E-state index contributed by atoms with van der Waals surface area (Å²) >= 11 is 3.55. The van der Waals surface area contributed by atoms with E-state index in [9.17, 15) is 4.21 Å². The van der Waals surface area contributed by atoms with Gasteiger partial charge in [-0.15, -0.1) is 22.7 Å². The maximum atomic E-state index is 11.5. The first kappa shape index (κ1) is 14.4. The largest absolute Gasteiger partial charge is 0.320 e. The molecule has 6 heteroatoms. The average Bonchev–Trinajstić information content (AvgIpc) is 3.02. The molecule has 0 aromatic carbocycles. The van der Waals surface area contributed by atoms with Gasteiger partial charge in [0.1, 0.15) is 6.54 Å². The third-order valence-corrected chi connectivity index (χ3v) is 6.93. The van der Waals surface area contributed by atoms with Crippen LogP contribution in [-0.4, -0.2) is 45.3 Å². The normalized spacial score (nSPS) is 26.8. The van der Waals surface area contributed by atoms with Crippen molar-refractivity contribution in [1.29, 1.82) is 0 Å². The van der Waals surface area contributed by atoms with Gasteiger partial charge in [-0.05, 0) is 19.1 Å². The van der Waals surface area contributed by atoms with Crippen LogP contribution in [0.3, 0.4) is 0 Å². The molecule has 3 rings (SSSR count). The van der Waals surface area contributed by atoms with E-state index >= 15 is 0 Å². The second kappa shape index (κ2) is 5.67. The van der Waals surface area contributed by atoms with Crippen molar-refractivity contribution in [3.05, 3.63) is 27.4 Å². The van der Waals surface area contributed by atoms with E-state index in [4.69, 9.17) is 0 Å². The van der Waals surface area contributed by atoms with E-state index in [2.05, 4.69) is 29.5 Å². The number of thiophene rings is 1. The Hall–Kier alpha value is -0.560. The summed E-state index contributed by atoms with van der Waals surface area (Å²) in [7, 11) is 1.69. The van der Waals surface area contributed by atoms with Gasteiger partial charge in [0.05, 0.1) is 52.1 Å². The molecule has 0 atom stereocenters. The molecular weight excluding hydrogens is 308 g/mol.